The third-order valence-electron chi connectivity index (χ3n) is 9.78. The fraction of sp³-hybridized carbons (Fsp3) is 0.875. The average molecular weight is 370 g/mol. The third kappa shape index (κ3) is 2.65. The number of Topliss-reactive ketones (excluding diaryl/α,β-unsaturated/α-hetero) is 2. The quantitative estimate of drug-likeness (QED) is 0.675. The first-order chi connectivity index (χ1) is 12.9. The standard InChI is InChI=1S/C24H35NO2/c1-4-17-20-14-16(26)9-11-24(20,3)19-10-12-23(2)15(6-5-13-25)7-8-18(23)21(19)22(17)27/h15,17-21H,4-12,14H2,1-3H3. The molecule has 4 fully saturated rings. The smallest absolute Gasteiger partial charge is 0.139 e. The van der Waals surface area contributed by atoms with E-state index >= 15 is 0 Å². The molecular formula is C24H35NO2. The van der Waals surface area contributed by atoms with Crippen LogP contribution in [0.1, 0.15) is 85.0 Å². The number of ketones is 2. The highest BCUT2D eigenvalue weighted by atomic mass is 16.1. The van der Waals surface area contributed by atoms with Crippen molar-refractivity contribution in [3.05, 3.63) is 0 Å². The van der Waals surface area contributed by atoms with Crippen molar-refractivity contribution in [1.29, 1.82) is 5.26 Å². The summed E-state index contributed by atoms with van der Waals surface area (Å²) < 4.78 is 0. The van der Waals surface area contributed by atoms with Crippen LogP contribution < -0.4 is 0 Å². The van der Waals surface area contributed by atoms with Crippen LogP contribution in [0.3, 0.4) is 0 Å². The number of fused-ring (bicyclic) bond motifs is 5. The zero-order valence-corrected chi connectivity index (χ0v) is 17.3. The van der Waals surface area contributed by atoms with Crippen LogP contribution in [-0.2, 0) is 9.59 Å². The molecule has 0 radical (unpaired) electrons. The maximum absolute atomic E-state index is 13.7. The normalized spacial score (nSPS) is 49.1. The molecule has 8 unspecified atom stereocenters. The lowest BCUT2D eigenvalue weighted by Crippen LogP contribution is -2.60. The van der Waals surface area contributed by atoms with Gasteiger partial charge in [-0.1, -0.05) is 20.8 Å². The van der Waals surface area contributed by atoms with Crippen molar-refractivity contribution in [3.8, 4) is 6.07 Å². The Kier molecular flexibility index (Phi) is 4.76. The fourth-order valence-corrected chi connectivity index (χ4v) is 8.27. The molecular weight excluding hydrogens is 334 g/mol. The Balaban J connectivity index is 1.68. The molecule has 3 heteroatoms. The van der Waals surface area contributed by atoms with Crippen molar-refractivity contribution in [1.82, 2.24) is 0 Å². The molecule has 0 saturated heterocycles. The average Bonchev–Trinajstić information content (AvgIpc) is 2.98. The van der Waals surface area contributed by atoms with Crippen molar-refractivity contribution in [3.63, 3.8) is 0 Å². The molecule has 3 nitrogen and oxygen atoms in total. The van der Waals surface area contributed by atoms with Gasteiger partial charge < -0.3 is 0 Å². The van der Waals surface area contributed by atoms with E-state index in [1.165, 1.54) is 12.8 Å². The Labute approximate surface area is 164 Å². The van der Waals surface area contributed by atoms with Gasteiger partial charge in [-0.25, -0.2) is 0 Å². The predicted octanol–water partition coefficient (Wildman–Crippen LogP) is 5.33. The van der Waals surface area contributed by atoms with Gasteiger partial charge in [0.05, 0.1) is 6.07 Å². The Morgan fingerprint density at radius 1 is 1.04 bits per heavy atom. The molecule has 0 spiro atoms. The summed E-state index contributed by atoms with van der Waals surface area (Å²) in [6.07, 6.45) is 9.57. The van der Waals surface area contributed by atoms with E-state index in [9.17, 15) is 9.59 Å². The molecule has 4 saturated carbocycles. The fourth-order valence-electron chi connectivity index (χ4n) is 8.27. The SMILES string of the molecule is CCC1C(=O)C2C3CCC(CCC#N)C3(C)CCC2C2(C)CCC(=O)CC12. The Bertz CT molecular complexity index is 678. The van der Waals surface area contributed by atoms with E-state index in [1.807, 2.05) is 0 Å². The summed E-state index contributed by atoms with van der Waals surface area (Å²) in [6.45, 7) is 6.99. The second-order valence-corrected chi connectivity index (χ2v) is 10.5. The molecule has 0 aromatic rings. The first-order valence-corrected chi connectivity index (χ1v) is 11.3. The number of carbonyl (C=O) groups excluding carboxylic acids is 2. The lowest BCUT2D eigenvalue weighted by atomic mass is 9.42. The van der Waals surface area contributed by atoms with E-state index in [1.54, 1.807) is 0 Å². The summed E-state index contributed by atoms with van der Waals surface area (Å²) in [5.74, 6) is 3.01. The second-order valence-electron chi connectivity index (χ2n) is 10.5. The minimum Gasteiger partial charge on any atom is -0.300 e. The minimum absolute atomic E-state index is 0.0843. The largest absolute Gasteiger partial charge is 0.300 e. The van der Waals surface area contributed by atoms with Crippen molar-refractivity contribution in [2.45, 2.75) is 85.0 Å². The first-order valence-electron chi connectivity index (χ1n) is 11.3. The molecule has 0 bridgehead atoms. The Morgan fingerprint density at radius 2 is 1.78 bits per heavy atom. The first kappa shape index (κ1) is 19.2. The molecule has 0 heterocycles. The highest BCUT2D eigenvalue weighted by molar-refractivity contribution is 5.88. The Morgan fingerprint density at radius 3 is 2.48 bits per heavy atom. The van der Waals surface area contributed by atoms with E-state index in [0.29, 0.717) is 48.6 Å². The van der Waals surface area contributed by atoms with E-state index in [0.717, 1.165) is 32.1 Å². The van der Waals surface area contributed by atoms with Crippen LogP contribution in [0.4, 0.5) is 0 Å². The molecule has 0 aromatic heterocycles. The van der Waals surface area contributed by atoms with Gasteiger partial charge in [-0.15, -0.1) is 0 Å². The minimum atomic E-state index is 0.0843. The van der Waals surface area contributed by atoms with Crippen LogP contribution in [-0.4, -0.2) is 11.6 Å². The zero-order chi connectivity index (χ0) is 19.4. The lowest BCUT2D eigenvalue weighted by molar-refractivity contribution is -0.169. The summed E-state index contributed by atoms with van der Waals surface area (Å²) in [5, 5.41) is 9.06. The number of nitrogens with zero attached hydrogens (tertiary/aromatic N) is 1. The number of hydrogen-bond donors (Lipinski definition) is 0. The second kappa shape index (κ2) is 6.71. The van der Waals surface area contributed by atoms with Crippen LogP contribution >= 0.6 is 0 Å². The molecule has 4 rings (SSSR count). The van der Waals surface area contributed by atoms with Gasteiger partial charge in [-0.2, -0.15) is 5.26 Å². The van der Waals surface area contributed by atoms with Crippen LogP contribution in [0, 0.1) is 57.7 Å². The van der Waals surface area contributed by atoms with Gasteiger partial charge in [0.2, 0.25) is 0 Å². The highest BCUT2D eigenvalue weighted by Gasteiger charge is 2.64. The molecule has 0 N–H and O–H groups in total. The van der Waals surface area contributed by atoms with E-state index in [2.05, 4.69) is 26.8 Å². The summed E-state index contributed by atoms with van der Waals surface area (Å²) in [7, 11) is 0. The van der Waals surface area contributed by atoms with Gasteiger partial charge in [0.1, 0.15) is 11.6 Å². The number of rotatable bonds is 3. The summed E-state index contributed by atoms with van der Waals surface area (Å²) in [6, 6.07) is 2.34. The lowest BCUT2D eigenvalue weighted by Gasteiger charge is -2.61. The number of nitriles is 1. The van der Waals surface area contributed by atoms with Gasteiger partial charge in [0.15, 0.2) is 0 Å². The van der Waals surface area contributed by atoms with Crippen LogP contribution in [0.15, 0.2) is 0 Å². The predicted molar refractivity (Wildman–Crippen MR) is 105 cm³/mol. The molecule has 0 aromatic carbocycles. The summed E-state index contributed by atoms with van der Waals surface area (Å²) in [4.78, 5) is 26.0. The Hall–Kier alpha value is -1.17. The molecule has 0 amide bonds. The van der Waals surface area contributed by atoms with Crippen molar-refractivity contribution < 1.29 is 9.59 Å². The summed E-state index contributed by atoms with van der Waals surface area (Å²) >= 11 is 0. The van der Waals surface area contributed by atoms with Gasteiger partial charge in [0.25, 0.3) is 0 Å². The van der Waals surface area contributed by atoms with E-state index in [4.69, 9.17) is 5.26 Å². The topological polar surface area (TPSA) is 57.9 Å². The van der Waals surface area contributed by atoms with Crippen molar-refractivity contribution >= 4 is 11.6 Å². The molecule has 4 aliphatic carbocycles. The molecule has 27 heavy (non-hydrogen) atoms. The van der Waals surface area contributed by atoms with Crippen LogP contribution in [0.25, 0.3) is 0 Å². The van der Waals surface area contributed by atoms with Gasteiger partial charge >= 0.3 is 0 Å². The zero-order valence-electron chi connectivity index (χ0n) is 17.3. The number of carbonyl (C=O) groups is 2. The third-order valence-corrected chi connectivity index (χ3v) is 9.78. The van der Waals surface area contributed by atoms with Gasteiger partial charge in [-0.3, -0.25) is 9.59 Å². The number of hydrogen-bond acceptors (Lipinski definition) is 3. The van der Waals surface area contributed by atoms with Gasteiger partial charge in [-0.05, 0) is 79.4 Å². The molecule has 0 aliphatic heterocycles. The van der Waals surface area contributed by atoms with Crippen molar-refractivity contribution in [2.75, 3.05) is 0 Å². The molecule has 4 aliphatic rings. The molecule has 8 atom stereocenters. The van der Waals surface area contributed by atoms with Crippen LogP contribution in [0.2, 0.25) is 0 Å². The van der Waals surface area contributed by atoms with Crippen LogP contribution in [0.5, 0.6) is 0 Å². The van der Waals surface area contributed by atoms with Crippen molar-refractivity contribution in [2.24, 2.45) is 46.3 Å². The van der Waals surface area contributed by atoms with Gasteiger partial charge in [0, 0.05) is 31.1 Å². The highest BCUT2D eigenvalue weighted by Crippen LogP contribution is 2.68. The maximum Gasteiger partial charge on any atom is 0.139 e. The summed E-state index contributed by atoms with van der Waals surface area (Å²) in [5.41, 5.74) is 0.402. The molecule has 148 valence electrons. The van der Waals surface area contributed by atoms with E-state index < -0.39 is 0 Å². The van der Waals surface area contributed by atoms with E-state index in [-0.39, 0.29) is 28.6 Å². The monoisotopic (exact) mass is 369 g/mol. The maximum atomic E-state index is 13.7.